The van der Waals surface area contributed by atoms with Crippen molar-refractivity contribution in [3.8, 4) is 0 Å². The van der Waals surface area contributed by atoms with Crippen molar-refractivity contribution in [3.05, 3.63) is 42.2 Å². The highest BCUT2D eigenvalue weighted by molar-refractivity contribution is 6.05. The van der Waals surface area contributed by atoms with Gasteiger partial charge in [-0.25, -0.2) is 0 Å². The fourth-order valence-electron chi connectivity index (χ4n) is 2.53. The van der Waals surface area contributed by atoms with Gasteiger partial charge >= 0.3 is 0 Å². The molecule has 1 amide bonds. The SMILES string of the molecule is Cl.O=C(NC1CCCNC1)c1nccc2ccccc12. The molecule has 2 aromatic rings. The molecule has 1 saturated heterocycles. The predicted molar refractivity (Wildman–Crippen MR) is 82.3 cm³/mol. The molecule has 0 spiro atoms. The molecule has 2 heterocycles. The lowest BCUT2D eigenvalue weighted by Crippen LogP contribution is -2.45. The lowest BCUT2D eigenvalue weighted by atomic mass is 10.1. The number of benzene rings is 1. The van der Waals surface area contributed by atoms with Crippen LogP contribution in [0.15, 0.2) is 36.5 Å². The van der Waals surface area contributed by atoms with Crippen molar-refractivity contribution in [2.45, 2.75) is 18.9 Å². The summed E-state index contributed by atoms with van der Waals surface area (Å²) in [6.07, 6.45) is 3.83. The molecule has 1 aliphatic heterocycles. The fourth-order valence-corrected chi connectivity index (χ4v) is 2.53. The Bertz CT molecular complexity index is 591. The van der Waals surface area contributed by atoms with Crippen LogP contribution in [-0.2, 0) is 0 Å². The number of halogens is 1. The number of hydrogen-bond donors (Lipinski definition) is 2. The number of fused-ring (bicyclic) bond motifs is 1. The van der Waals surface area contributed by atoms with E-state index in [1.165, 1.54) is 0 Å². The first kappa shape index (κ1) is 14.8. The van der Waals surface area contributed by atoms with E-state index in [4.69, 9.17) is 0 Å². The Hall–Kier alpha value is -1.65. The topological polar surface area (TPSA) is 54.0 Å². The molecule has 1 fully saturated rings. The van der Waals surface area contributed by atoms with Gasteiger partial charge in [0.2, 0.25) is 0 Å². The van der Waals surface area contributed by atoms with Crippen LogP contribution in [0.4, 0.5) is 0 Å². The number of nitrogens with zero attached hydrogens (tertiary/aromatic N) is 1. The van der Waals surface area contributed by atoms with E-state index in [0.29, 0.717) is 5.69 Å². The van der Waals surface area contributed by atoms with Crippen LogP contribution >= 0.6 is 12.4 Å². The second-order valence-electron chi connectivity index (χ2n) is 4.90. The maximum absolute atomic E-state index is 12.3. The van der Waals surface area contributed by atoms with E-state index in [0.717, 1.165) is 36.7 Å². The number of carbonyl (C=O) groups excluding carboxylic acids is 1. The Kier molecular flexibility index (Phi) is 4.93. The molecule has 1 unspecified atom stereocenters. The summed E-state index contributed by atoms with van der Waals surface area (Å²) in [7, 11) is 0. The van der Waals surface area contributed by atoms with Crippen molar-refractivity contribution in [2.24, 2.45) is 0 Å². The Balaban J connectivity index is 0.00000147. The quantitative estimate of drug-likeness (QED) is 0.891. The van der Waals surface area contributed by atoms with E-state index in [-0.39, 0.29) is 24.4 Å². The van der Waals surface area contributed by atoms with Gasteiger partial charge in [0, 0.05) is 24.2 Å². The van der Waals surface area contributed by atoms with Crippen molar-refractivity contribution >= 4 is 29.1 Å². The van der Waals surface area contributed by atoms with Gasteiger partial charge in [0.05, 0.1) is 0 Å². The third kappa shape index (κ3) is 3.08. The van der Waals surface area contributed by atoms with Crippen LogP contribution in [0.3, 0.4) is 0 Å². The molecule has 2 N–H and O–H groups in total. The monoisotopic (exact) mass is 291 g/mol. The first-order valence-corrected chi connectivity index (χ1v) is 6.70. The second kappa shape index (κ2) is 6.68. The molecule has 20 heavy (non-hydrogen) atoms. The van der Waals surface area contributed by atoms with Gasteiger partial charge in [-0.15, -0.1) is 12.4 Å². The van der Waals surface area contributed by atoms with Gasteiger partial charge in [-0.05, 0) is 30.8 Å². The standard InChI is InChI=1S/C15H17N3O.ClH/c19-15(18-12-5-3-8-16-10-12)14-13-6-2-1-4-11(13)7-9-17-14;/h1-2,4,6-7,9,12,16H,3,5,8,10H2,(H,18,19);1H. The molecule has 1 aliphatic rings. The molecule has 0 bridgehead atoms. The summed E-state index contributed by atoms with van der Waals surface area (Å²) in [5, 5.41) is 8.31. The molecular weight excluding hydrogens is 274 g/mol. The van der Waals surface area contributed by atoms with Gasteiger partial charge in [0.25, 0.3) is 5.91 Å². The van der Waals surface area contributed by atoms with E-state index in [9.17, 15) is 4.79 Å². The van der Waals surface area contributed by atoms with Gasteiger partial charge < -0.3 is 10.6 Å². The van der Waals surface area contributed by atoms with Crippen LogP contribution in [0, 0.1) is 0 Å². The summed E-state index contributed by atoms with van der Waals surface area (Å²) in [4.78, 5) is 16.6. The smallest absolute Gasteiger partial charge is 0.270 e. The minimum absolute atomic E-state index is 0. The van der Waals surface area contributed by atoms with E-state index >= 15 is 0 Å². The molecule has 4 nitrogen and oxygen atoms in total. The number of amides is 1. The largest absolute Gasteiger partial charge is 0.347 e. The van der Waals surface area contributed by atoms with Crippen LogP contribution in [0.25, 0.3) is 10.8 Å². The first-order valence-electron chi connectivity index (χ1n) is 6.70. The molecule has 5 heteroatoms. The molecule has 1 aromatic carbocycles. The van der Waals surface area contributed by atoms with Gasteiger partial charge in [-0.2, -0.15) is 0 Å². The summed E-state index contributed by atoms with van der Waals surface area (Å²) >= 11 is 0. The summed E-state index contributed by atoms with van der Waals surface area (Å²) < 4.78 is 0. The van der Waals surface area contributed by atoms with E-state index < -0.39 is 0 Å². The molecule has 0 radical (unpaired) electrons. The zero-order valence-corrected chi connectivity index (χ0v) is 12.0. The molecule has 0 aliphatic carbocycles. The Morgan fingerprint density at radius 3 is 2.95 bits per heavy atom. The number of hydrogen-bond acceptors (Lipinski definition) is 3. The number of carbonyl (C=O) groups is 1. The number of piperidine rings is 1. The number of nitrogens with one attached hydrogen (secondary N) is 2. The van der Waals surface area contributed by atoms with Crippen LogP contribution < -0.4 is 10.6 Å². The van der Waals surface area contributed by atoms with Crippen LogP contribution in [-0.4, -0.2) is 30.0 Å². The minimum atomic E-state index is -0.0782. The number of aromatic nitrogens is 1. The van der Waals surface area contributed by atoms with Gasteiger partial charge in [-0.1, -0.05) is 24.3 Å². The highest BCUT2D eigenvalue weighted by Gasteiger charge is 2.18. The number of pyridine rings is 1. The highest BCUT2D eigenvalue weighted by Crippen LogP contribution is 2.16. The maximum atomic E-state index is 12.3. The first-order chi connectivity index (χ1) is 9.34. The van der Waals surface area contributed by atoms with Crippen molar-refractivity contribution in [1.29, 1.82) is 0 Å². The normalized spacial score (nSPS) is 18.3. The van der Waals surface area contributed by atoms with Crippen molar-refractivity contribution in [3.63, 3.8) is 0 Å². The molecule has 1 atom stereocenters. The molecular formula is C15H18ClN3O. The van der Waals surface area contributed by atoms with Crippen LogP contribution in [0.5, 0.6) is 0 Å². The third-order valence-electron chi connectivity index (χ3n) is 3.52. The second-order valence-corrected chi connectivity index (χ2v) is 4.90. The van der Waals surface area contributed by atoms with Gasteiger partial charge in [0.15, 0.2) is 0 Å². The van der Waals surface area contributed by atoms with Gasteiger partial charge in [-0.3, -0.25) is 9.78 Å². The highest BCUT2D eigenvalue weighted by atomic mass is 35.5. The molecule has 3 rings (SSSR count). The molecule has 1 aromatic heterocycles. The third-order valence-corrected chi connectivity index (χ3v) is 3.52. The Morgan fingerprint density at radius 1 is 1.30 bits per heavy atom. The zero-order chi connectivity index (χ0) is 13.1. The van der Waals surface area contributed by atoms with Gasteiger partial charge in [0.1, 0.15) is 5.69 Å². The average Bonchev–Trinajstić information content (AvgIpc) is 2.47. The van der Waals surface area contributed by atoms with Crippen molar-refractivity contribution < 1.29 is 4.79 Å². The van der Waals surface area contributed by atoms with E-state index in [2.05, 4.69) is 15.6 Å². The Labute approximate surface area is 124 Å². The lowest BCUT2D eigenvalue weighted by molar-refractivity contribution is 0.0927. The average molecular weight is 292 g/mol. The summed E-state index contributed by atoms with van der Waals surface area (Å²) in [5.74, 6) is -0.0782. The van der Waals surface area contributed by atoms with Crippen molar-refractivity contribution in [1.82, 2.24) is 15.6 Å². The Morgan fingerprint density at radius 2 is 2.15 bits per heavy atom. The van der Waals surface area contributed by atoms with E-state index in [1.54, 1.807) is 6.20 Å². The molecule has 106 valence electrons. The summed E-state index contributed by atoms with van der Waals surface area (Å²) in [6, 6.07) is 9.97. The lowest BCUT2D eigenvalue weighted by Gasteiger charge is -2.23. The van der Waals surface area contributed by atoms with Crippen LogP contribution in [0.1, 0.15) is 23.3 Å². The zero-order valence-electron chi connectivity index (χ0n) is 11.1. The van der Waals surface area contributed by atoms with Crippen molar-refractivity contribution in [2.75, 3.05) is 13.1 Å². The maximum Gasteiger partial charge on any atom is 0.270 e. The fraction of sp³-hybridized carbons (Fsp3) is 0.333. The predicted octanol–water partition coefficient (Wildman–Crippen LogP) is 2.14. The summed E-state index contributed by atoms with van der Waals surface area (Å²) in [6.45, 7) is 1.88. The summed E-state index contributed by atoms with van der Waals surface area (Å²) in [5.41, 5.74) is 0.517. The van der Waals surface area contributed by atoms with E-state index in [1.807, 2.05) is 30.3 Å². The molecule has 0 saturated carbocycles. The van der Waals surface area contributed by atoms with Crippen LogP contribution in [0.2, 0.25) is 0 Å². The number of rotatable bonds is 2. The minimum Gasteiger partial charge on any atom is -0.347 e.